The molecule has 4 radical (unpaired) electrons. The molecule has 1 aliphatic rings. The van der Waals surface area contributed by atoms with Crippen molar-refractivity contribution in [2.45, 2.75) is 84.5 Å². The van der Waals surface area contributed by atoms with Crippen molar-refractivity contribution >= 4 is 41.5 Å². The molecule has 2 bridgehead atoms. The highest BCUT2D eigenvalue weighted by Crippen LogP contribution is 2.47. The highest BCUT2D eigenvalue weighted by atomic mass is 31.2. The highest BCUT2D eigenvalue weighted by molar-refractivity contribution is 7.41. The number of rotatable bonds is 8. The summed E-state index contributed by atoms with van der Waals surface area (Å²) in [5.74, 6) is 0.238. The molecule has 0 saturated carbocycles. The molecule has 0 fully saturated rings. The van der Waals surface area contributed by atoms with Crippen molar-refractivity contribution in [2.24, 2.45) is 5.10 Å². The fraction of sp³-hybridized carbons (Fsp3) is 0.484. The Morgan fingerprint density at radius 1 is 1.11 bits per heavy atom. The highest BCUT2D eigenvalue weighted by Gasteiger charge is 2.29. The standard InChI is InChI=1S/C31H41B2FN7O4P/c1-18-23-14-21(34)10-11-22(23)26(35)24(40-36-9)12-19-16-39-41(31(8,32)33)27(19)20-13-25(43-18)28(37-15-20)38-17-42-46(44-29(2,3)4)45-30(5,6)7/h10-11,13-16,18,35-36H,12,17H2,1-9H3,(H,37,38)/b35-26?,40-24-/t18-/m1/s1. The van der Waals surface area contributed by atoms with Crippen molar-refractivity contribution in [3.8, 4) is 17.0 Å². The van der Waals surface area contributed by atoms with Crippen LogP contribution in [-0.4, -0.2) is 66.9 Å². The van der Waals surface area contributed by atoms with E-state index in [1.54, 1.807) is 45.4 Å². The van der Waals surface area contributed by atoms with Gasteiger partial charge in [-0.2, -0.15) is 10.2 Å². The Morgan fingerprint density at radius 2 is 1.78 bits per heavy atom. The SMILES string of the molecule is [B]C([B])(C)n1ncc2c1-c1cnc(NCOP(OC(C)(C)C)OC(C)(C)C)c(c1)O[C@H](C)c1cc(F)ccc1C(=N)/C(=N\NC)C2. The van der Waals surface area contributed by atoms with E-state index < -0.39 is 37.1 Å². The number of fused-ring (bicyclic) bond motifs is 5. The first-order valence-corrected chi connectivity index (χ1v) is 16.0. The molecular formula is C31H41B2FN7O4P. The molecule has 0 aliphatic carbocycles. The molecule has 242 valence electrons. The zero-order chi connectivity index (χ0) is 34.0. The Hall–Kier alpha value is -3.31. The quantitative estimate of drug-likeness (QED) is 0.119. The second-order valence-corrected chi connectivity index (χ2v) is 14.2. The van der Waals surface area contributed by atoms with Gasteiger partial charge in [0.2, 0.25) is 0 Å². The molecule has 0 spiro atoms. The van der Waals surface area contributed by atoms with Gasteiger partial charge in [0.1, 0.15) is 18.7 Å². The topological polar surface area (TPSA) is 128 Å². The lowest BCUT2D eigenvalue weighted by Gasteiger charge is -2.30. The Labute approximate surface area is 274 Å². The van der Waals surface area contributed by atoms with Crippen LogP contribution in [0.4, 0.5) is 10.2 Å². The number of hydrogen-bond donors (Lipinski definition) is 3. The number of benzene rings is 1. The van der Waals surface area contributed by atoms with E-state index >= 15 is 0 Å². The molecule has 2 aromatic heterocycles. The molecule has 3 N–H and O–H groups in total. The summed E-state index contributed by atoms with van der Waals surface area (Å²) in [5.41, 5.74) is 5.09. The first kappa shape index (κ1) is 35.5. The zero-order valence-electron chi connectivity index (χ0n) is 27.9. The fourth-order valence-corrected chi connectivity index (χ4v) is 5.87. The summed E-state index contributed by atoms with van der Waals surface area (Å²) >= 11 is 0. The zero-order valence-corrected chi connectivity index (χ0v) is 28.8. The van der Waals surface area contributed by atoms with Crippen molar-refractivity contribution in [1.29, 1.82) is 5.41 Å². The van der Waals surface area contributed by atoms with Crippen LogP contribution in [0.15, 0.2) is 41.8 Å². The molecule has 1 aromatic carbocycles. The number of nitrogens with one attached hydrogen (secondary N) is 3. The van der Waals surface area contributed by atoms with Gasteiger partial charge in [0.05, 0.1) is 50.2 Å². The maximum atomic E-state index is 14.6. The van der Waals surface area contributed by atoms with Crippen LogP contribution >= 0.6 is 8.60 Å². The average Bonchev–Trinajstić information content (AvgIpc) is 3.35. The van der Waals surface area contributed by atoms with Gasteiger partial charge in [-0.1, -0.05) is 6.92 Å². The molecule has 15 heteroatoms. The third kappa shape index (κ3) is 8.94. The summed E-state index contributed by atoms with van der Waals surface area (Å²) in [7, 11) is 12.6. The molecule has 4 rings (SSSR count). The van der Waals surface area contributed by atoms with Gasteiger partial charge in [0.15, 0.2) is 11.6 Å². The van der Waals surface area contributed by atoms with E-state index in [-0.39, 0.29) is 18.9 Å². The van der Waals surface area contributed by atoms with E-state index in [2.05, 4.69) is 25.9 Å². The van der Waals surface area contributed by atoms with Crippen LogP contribution in [0.5, 0.6) is 5.75 Å². The molecule has 0 amide bonds. The number of ether oxygens (including phenoxy) is 1. The maximum Gasteiger partial charge on any atom is 0.335 e. The summed E-state index contributed by atoms with van der Waals surface area (Å²) in [4.78, 5) is 4.68. The molecule has 1 aliphatic heterocycles. The predicted molar refractivity (Wildman–Crippen MR) is 181 cm³/mol. The predicted octanol–water partition coefficient (Wildman–Crippen LogP) is 5.93. The summed E-state index contributed by atoms with van der Waals surface area (Å²) in [6.45, 7) is 14.9. The number of hydrogen-bond acceptors (Lipinski definition) is 10. The second-order valence-electron chi connectivity index (χ2n) is 13.1. The first-order valence-electron chi connectivity index (χ1n) is 14.9. The van der Waals surface area contributed by atoms with E-state index in [0.717, 1.165) is 0 Å². The van der Waals surface area contributed by atoms with E-state index in [1.165, 1.54) is 16.8 Å². The smallest absolute Gasteiger partial charge is 0.335 e. The normalized spacial score (nSPS) is 16.7. The van der Waals surface area contributed by atoms with Gasteiger partial charge in [0, 0.05) is 41.9 Å². The minimum absolute atomic E-state index is 0.0124. The Balaban J connectivity index is 1.81. The number of anilines is 1. The lowest BCUT2D eigenvalue weighted by atomic mass is 9.63. The number of halogens is 1. The summed E-state index contributed by atoms with van der Waals surface area (Å²) < 4.78 is 40.7. The van der Waals surface area contributed by atoms with E-state index in [1.807, 2.05) is 41.5 Å². The minimum atomic E-state index is -1.72. The lowest BCUT2D eigenvalue weighted by Crippen LogP contribution is -2.32. The molecule has 1 atom stereocenters. The third-order valence-corrected chi connectivity index (χ3v) is 8.19. The van der Waals surface area contributed by atoms with Gasteiger partial charge in [0.25, 0.3) is 0 Å². The van der Waals surface area contributed by atoms with Crippen molar-refractivity contribution in [3.63, 3.8) is 0 Å². The molecule has 46 heavy (non-hydrogen) atoms. The molecule has 3 aromatic rings. The Kier molecular flexibility index (Phi) is 10.7. The molecular weight excluding hydrogens is 606 g/mol. The third-order valence-electron chi connectivity index (χ3n) is 6.45. The number of hydrazone groups is 1. The Bertz CT molecular complexity index is 1580. The average molecular weight is 647 g/mol. The number of aromatic nitrogens is 3. The van der Waals surface area contributed by atoms with Crippen molar-refractivity contribution in [2.75, 3.05) is 19.1 Å². The van der Waals surface area contributed by atoms with E-state index in [4.69, 9.17) is 39.4 Å². The maximum absolute atomic E-state index is 14.6. The summed E-state index contributed by atoms with van der Waals surface area (Å²) in [5, 5.41) is 19.8. The van der Waals surface area contributed by atoms with Crippen LogP contribution in [0.25, 0.3) is 11.3 Å². The van der Waals surface area contributed by atoms with Crippen LogP contribution in [0, 0.1) is 11.2 Å². The molecule has 0 unspecified atom stereocenters. The molecule has 0 saturated heterocycles. The summed E-state index contributed by atoms with van der Waals surface area (Å²) in [6, 6.07) is 6.02. The monoisotopic (exact) mass is 647 g/mol. The van der Waals surface area contributed by atoms with E-state index in [0.29, 0.717) is 45.2 Å². The molecule has 3 heterocycles. The number of nitrogens with zero attached hydrogens (tertiary/aromatic N) is 4. The van der Waals surface area contributed by atoms with Gasteiger partial charge in [-0.05, 0) is 78.1 Å². The Morgan fingerprint density at radius 3 is 2.39 bits per heavy atom. The van der Waals surface area contributed by atoms with Crippen molar-refractivity contribution < 1.29 is 22.7 Å². The van der Waals surface area contributed by atoms with Gasteiger partial charge in [-0.15, -0.1) is 0 Å². The van der Waals surface area contributed by atoms with Crippen LogP contribution < -0.4 is 15.5 Å². The fourth-order valence-electron chi connectivity index (χ4n) is 4.66. The van der Waals surface area contributed by atoms with Gasteiger partial charge in [-0.3, -0.25) is 14.6 Å². The van der Waals surface area contributed by atoms with Gasteiger partial charge >= 0.3 is 8.60 Å². The van der Waals surface area contributed by atoms with Crippen molar-refractivity contribution in [3.05, 3.63) is 59.2 Å². The lowest BCUT2D eigenvalue weighted by molar-refractivity contribution is 0.0350. The largest absolute Gasteiger partial charge is 0.482 e. The van der Waals surface area contributed by atoms with Crippen LogP contribution in [0.3, 0.4) is 0 Å². The van der Waals surface area contributed by atoms with Gasteiger partial charge < -0.3 is 24.5 Å². The van der Waals surface area contributed by atoms with Crippen LogP contribution in [-0.2, 0) is 25.3 Å². The first-order chi connectivity index (χ1) is 21.4. The van der Waals surface area contributed by atoms with Crippen molar-refractivity contribution in [1.82, 2.24) is 20.2 Å². The van der Waals surface area contributed by atoms with Gasteiger partial charge in [-0.25, -0.2) is 9.37 Å². The van der Waals surface area contributed by atoms with E-state index in [9.17, 15) is 4.39 Å². The van der Waals surface area contributed by atoms with Crippen LogP contribution in [0.1, 0.15) is 78.2 Å². The number of pyridine rings is 1. The second kappa shape index (κ2) is 13.8. The minimum Gasteiger partial charge on any atom is -0.482 e. The summed E-state index contributed by atoms with van der Waals surface area (Å²) in [6.07, 6.45) is 2.77. The van der Waals surface area contributed by atoms with Crippen LogP contribution in [0.2, 0.25) is 0 Å². The molecule has 11 nitrogen and oxygen atoms in total.